The van der Waals surface area contributed by atoms with Gasteiger partial charge < -0.3 is 5.11 Å². The minimum atomic E-state index is -2.50. The molecule has 0 aromatic carbocycles. The van der Waals surface area contributed by atoms with Crippen LogP contribution in [0.2, 0.25) is 0 Å². The Morgan fingerprint density at radius 2 is 1.44 bits per heavy atom. The third kappa shape index (κ3) is 10.3. The predicted molar refractivity (Wildman–Crippen MR) is 65.9 cm³/mol. The molecule has 0 atom stereocenters. The van der Waals surface area contributed by atoms with E-state index in [4.69, 9.17) is 5.11 Å². The third-order valence-electron chi connectivity index (χ3n) is 2.59. The van der Waals surface area contributed by atoms with E-state index in [1.807, 2.05) is 27.7 Å². The van der Waals surface area contributed by atoms with Crippen molar-refractivity contribution in [2.45, 2.75) is 72.6 Å². The summed E-state index contributed by atoms with van der Waals surface area (Å²) in [5, 5.41) is 8.95. The van der Waals surface area contributed by atoms with Crippen LogP contribution in [0.5, 0.6) is 0 Å². The molecule has 0 radical (unpaired) electrons. The van der Waals surface area contributed by atoms with E-state index in [9.17, 15) is 8.78 Å². The molecule has 0 aliphatic carbocycles. The second-order valence-electron chi connectivity index (χ2n) is 4.74. The number of hydrogen-bond donors (Lipinski definition) is 1. The lowest BCUT2D eigenvalue weighted by molar-refractivity contribution is -0.0145. The van der Waals surface area contributed by atoms with Crippen molar-refractivity contribution in [2.75, 3.05) is 6.61 Å². The normalized spacial score (nSPS) is 12.0. The van der Waals surface area contributed by atoms with Crippen LogP contribution < -0.4 is 0 Å². The zero-order chi connectivity index (χ0) is 13.2. The molecule has 0 rings (SSSR count). The van der Waals surface area contributed by atoms with Crippen LogP contribution in [-0.4, -0.2) is 17.6 Å². The average Bonchev–Trinajstić information content (AvgIpc) is 2.27. The van der Waals surface area contributed by atoms with Gasteiger partial charge in [-0.05, 0) is 18.3 Å². The number of unbranched alkanes of at least 4 members (excludes halogenated alkanes) is 1. The van der Waals surface area contributed by atoms with Gasteiger partial charge in [-0.15, -0.1) is 0 Å². The van der Waals surface area contributed by atoms with Gasteiger partial charge in [0, 0.05) is 19.4 Å². The van der Waals surface area contributed by atoms with Crippen LogP contribution >= 0.6 is 0 Å². The van der Waals surface area contributed by atoms with Crippen molar-refractivity contribution < 1.29 is 13.9 Å². The highest BCUT2D eigenvalue weighted by molar-refractivity contribution is 4.69. The average molecular weight is 238 g/mol. The second-order valence-corrected chi connectivity index (χ2v) is 4.74. The summed E-state index contributed by atoms with van der Waals surface area (Å²) in [5.41, 5.74) is -0.124. The standard InChI is InChI=1S/C11H22F2O.C2H6/c1-4-11(12,13)8-6-5-7-10(2,3)9-14;1-2/h14H,4-9H2,1-3H3;1-2H3. The third-order valence-corrected chi connectivity index (χ3v) is 2.59. The zero-order valence-corrected chi connectivity index (χ0v) is 11.4. The molecule has 0 amide bonds. The summed E-state index contributed by atoms with van der Waals surface area (Å²) in [4.78, 5) is 0. The van der Waals surface area contributed by atoms with E-state index >= 15 is 0 Å². The molecule has 0 unspecified atom stereocenters. The topological polar surface area (TPSA) is 20.2 Å². The fraction of sp³-hybridized carbons (Fsp3) is 1.00. The molecule has 0 saturated heterocycles. The van der Waals surface area contributed by atoms with E-state index in [0.717, 1.165) is 12.8 Å². The van der Waals surface area contributed by atoms with Crippen molar-refractivity contribution in [3.05, 3.63) is 0 Å². The van der Waals surface area contributed by atoms with E-state index in [-0.39, 0.29) is 24.9 Å². The van der Waals surface area contributed by atoms with Crippen molar-refractivity contribution in [3.63, 3.8) is 0 Å². The highest BCUT2D eigenvalue weighted by Gasteiger charge is 2.25. The highest BCUT2D eigenvalue weighted by atomic mass is 19.3. The molecule has 0 aromatic heterocycles. The first-order chi connectivity index (χ1) is 7.33. The molecule has 0 aliphatic heterocycles. The molecule has 0 spiro atoms. The van der Waals surface area contributed by atoms with E-state index in [1.54, 1.807) is 0 Å². The summed E-state index contributed by atoms with van der Waals surface area (Å²) < 4.78 is 25.6. The molecule has 16 heavy (non-hydrogen) atoms. The van der Waals surface area contributed by atoms with E-state index < -0.39 is 5.92 Å². The molecule has 0 aromatic rings. The Morgan fingerprint density at radius 1 is 1.00 bits per heavy atom. The maximum atomic E-state index is 12.8. The molecule has 0 heterocycles. The van der Waals surface area contributed by atoms with E-state index in [2.05, 4.69) is 0 Å². The van der Waals surface area contributed by atoms with Crippen molar-refractivity contribution in [3.8, 4) is 0 Å². The molecule has 1 nitrogen and oxygen atoms in total. The van der Waals surface area contributed by atoms with Gasteiger partial charge in [0.2, 0.25) is 5.92 Å². The predicted octanol–water partition coefficient (Wildman–Crippen LogP) is 4.64. The molecule has 0 bridgehead atoms. The maximum Gasteiger partial charge on any atom is 0.247 e. The lowest BCUT2D eigenvalue weighted by Crippen LogP contribution is -2.17. The summed E-state index contributed by atoms with van der Waals surface area (Å²) in [5.74, 6) is -2.50. The van der Waals surface area contributed by atoms with Gasteiger partial charge in [-0.1, -0.05) is 41.0 Å². The molecular formula is C13H28F2O. The second kappa shape index (κ2) is 8.91. The van der Waals surface area contributed by atoms with Gasteiger partial charge >= 0.3 is 0 Å². The first kappa shape index (κ1) is 18.2. The number of rotatable bonds is 7. The van der Waals surface area contributed by atoms with Gasteiger partial charge in [-0.25, -0.2) is 8.78 Å². The van der Waals surface area contributed by atoms with Crippen LogP contribution in [0.3, 0.4) is 0 Å². The van der Waals surface area contributed by atoms with Crippen LogP contribution in [0.15, 0.2) is 0 Å². The van der Waals surface area contributed by atoms with Crippen molar-refractivity contribution >= 4 is 0 Å². The maximum absolute atomic E-state index is 12.8. The van der Waals surface area contributed by atoms with Crippen LogP contribution in [0.4, 0.5) is 8.78 Å². The Kier molecular flexibility index (Phi) is 10.1. The van der Waals surface area contributed by atoms with Crippen LogP contribution in [-0.2, 0) is 0 Å². The van der Waals surface area contributed by atoms with Crippen molar-refractivity contribution in [2.24, 2.45) is 5.41 Å². The Labute approximate surface area is 99.2 Å². The number of halogens is 2. The summed E-state index contributed by atoms with van der Waals surface area (Å²) in [7, 11) is 0. The lowest BCUT2D eigenvalue weighted by atomic mass is 9.87. The van der Waals surface area contributed by atoms with E-state index in [1.165, 1.54) is 6.92 Å². The van der Waals surface area contributed by atoms with E-state index in [0.29, 0.717) is 6.42 Å². The number of alkyl halides is 2. The summed E-state index contributed by atoms with van der Waals surface area (Å²) >= 11 is 0. The molecule has 0 fully saturated rings. The first-order valence-corrected chi connectivity index (χ1v) is 6.32. The molecular weight excluding hydrogens is 210 g/mol. The Morgan fingerprint density at radius 3 is 1.81 bits per heavy atom. The lowest BCUT2D eigenvalue weighted by Gasteiger charge is -2.21. The molecule has 3 heteroatoms. The van der Waals surface area contributed by atoms with Gasteiger partial charge in [-0.2, -0.15) is 0 Å². The fourth-order valence-corrected chi connectivity index (χ4v) is 1.24. The molecule has 100 valence electrons. The molecule has 0 saturated carbocycles. The Balaban J connectivity index is 0. The van der Waals surface area contributed by atoms with Crippen LogP contribution in [0.1, 0.15) is 66.7 Å². The summed E-state index contributed by atoms with van der Waals surface area (Å²) in [6.45, 7) is 9.53. The van der Waals surface area contributed by atoms with Gasteiger partial charge in [0.1, 0.15) is 0 Å². The SMILES string of the molecule is CC.CCC(F)(F)CCCCC(C)(C)CO. The number of hydrogen-bond acceptors (Lipinski definition) is 1. The van der Waals surface area contributed by atoms with Crippen LogP contribution in [0, 0.1) is 5.41 Å². The minimum Gasteiger partial charge on any atom is -0.396 e. The zero-order valence-electron chi connectivity index (χ0n) is 11.4. The monoisotopic (exact) mass is 238 g/mol. The smallest absolute Gasteiger partial charge is 0.247 e. The van der Waals surface area contributed by atoms with Gasteiger partial charge in [0.05, 0.1) is 0 Å². The quantitative estimate of drug-likeness (QED) is 0.641. The Bertz CT molecular complexity index is 138. The number of aliphatic hydroxyl groups is 1. The summed E-state index contributed by atoms with van der Waals surface area (Å²) in [6.07, 6.45) is 2.03. The first-order valence-electron chi connectivity index (χ1n) is 6.32. The van der Waals surface area contributed by atoms with Crippen molar-refractivity contribution in [1.82, 2.24) is 0 Å². The largest absolute Gasteiger partial charge is 0.396 e. The molecule has 1 N–H and O–H groups in total. The van der Waals surface area contributed by atoms with Crippen molar-refractivity contribution in [1.29, 1.82) is 0 Å². The van der Waals surface area contributed by atoms with Crippen LogP contribution in [0.25, 0.3) is 0 Å². The summed E-state index contributed by atoms with van der Waals surface area (Å²) in [6, 6.07) is 0. The highest BCUT2D eigenvalue weighted by Crippen LogP contribution is 2.28. The minimum absolute atomic E-state index is 0.0228. The fourth-order valence-electron chi connectivity index (χ4n) is 1.24. The number of aliphatic hydroxyl groups excluding tert-OH is 1. The Hall–Kier alpha value is -0.180. The van der Waals surface area contributed by atoms with Gasteiger partial charge in [0.25, 0.3) is 0 Å². The van der Waals surface area contributed by atoms with Gasteiger partial charge in [-0.3, -0.25) is 0 Å². The molecule has 0 aliphatic rings. The van der Waals surface area contributed by atoms with Gasteiger partial charge in [0.15, 0.2) is 0 Å².